The molecule has 1 aliphatic heterocycles. The number of nitrogens with one attached hydrogen (secondary N) is 2. The van der Waals surface area contributed by atoms with Gasteiger partial charge in [-0.1, -0.05) is 34.1 Å². The third-order valence-corrected chi connectivity index (χ3v) is 6.83. The van der Waals surface area contributed by atoms with Gasteiger partial charge in [-0.25, -0.2) is 4.39 Å². The highest BCUT2D eigenvalue weighted by molar-refractivity contribution is 9.10. The summed E-state index contributed by atoms with van der Waals surface area (Å²) in [5.74, 6) is 0.907. The smallest absolute Gasteiger partial charge is 0.226 e. The van der Waals surface area contributed by atoms with Gasteiger partial charge in [-0.05, 0) is 72.9 Å². The molecule has 1 amide bonds. The Hall–Kier alpha value is -3.56. The van der Waals surface area contributed by atoms with Crippen LogP contribution in [-0.2, 0) is 4.79 Å². The predicted octanol–water partition coefficient (Wildman–Crippen LogP) is 6.24. The van der Waals surface area contributed by atoms with E-state index in [0.717, 1.165) is 27.3 Å². The van der Waals surface area contributed by atoms with Crippen LogP contribution in [0, 0.1) is 5.82 Å². The molecule has 2 atom stereocenters. The fraction of sp³-hybridized carbons (Fsp3) is 0.148. The van der Waals surface area contributed by atoms with Crippen molar-refractivity contribution in [1.82, 2.24) is 15.2 Å². The van der Waals surface area contributed by atoms with Crippen molar-refractivity contribution in [3.05, 3.63) is 107 Å². The van der Waals surface area contributed by atoms with E-state index < -0.39 is 0 Å². The molecule has 0 unspecified atom stereocenters. The van der Waals surface area contributed by atoms with Crippen molar-refractivity contribution in [3.8, 4) is 11.3 Å². The van der Waals surface area contributed by atoms with Gasteiger partial charge in [0, 0.05) is 34.9 Å². The summed E-state index contributed by atoms with van der Waals surface area (Å²) in [6, 6.07) is 22.6. The lowest BCUT2D eigenvalue weighted by Crippen LogP contribution is -2.32. The van der Waals surface area contributed by atoms with Crippen LogP contribution < -0.4 is 10.6 Å². The first-order valence-corrected chi connectivity index (χ1v) is 12.6. The summed E-state index contributed by atoms with van der Waals surface area (Å²) < 4.78 is 20.5. The predicted molar refractivity (Wildman–Crippen MR) is 144 cm³/mol. The number of nitrogens with zero attached hydrogens (tertiary/aromatic N) is 2. The van der Waals surface area contributed by atoms with Crippen molar-refractivity contribution in [2.24, 2.45) is 0 Å². The quantitative estimate of drug-likeness (QED) is 0.259. The molecule has 3 heterocycles. The number of thiocarbonyl (C=S) groups is 1. The van der Waals surface area contributed by atoms with Crippen molar-refractivity contribution in [1.29, 1.82) is 0 Å². The van der Waals surface area contributed by atoms with Gasteiger partial charge >= 0.3 is 0 Å². The lowest BCUT2D eigenvalue weighted by molar-refractivity contribution is -0.116. The van der Waals surface area contributed by atoms with Crippen LogP contribution in [-0.4, -0.2) is 27.4 Å². The second-order valence-corrected chi connectivity index (χ2v) is 9.64. The van der Waals surface area contributed by atoms with E-state index in [0.29, 0.717) is 17.3 Å². The monoisotopic (exact) mass is 564 g/mol. The maximum atomic E-state index is 13.2. The first-order chi connectivity index (χ1) is 17.5. The minimum atomic E-state index is -0.356. The molecule has 4 aromatic rings. The van der Waals surface area contributed by atoms with Gasteiger partial charge in [0.05, 0.1) is 11.7 Å². The Morgan fingerprint density at radius 1 is 1.08 bits per heavy atom. The molecule has 5 rings (SSSR count). The van der Waals surface area contributed by atoms with E-state index in [1.165, 1.54) is 24.3 Å². The van der Waals surface area contributed by atoms with Gasteiger partial charge in [0.1, 0.15) is 23.4 Å². The highest BCUT2D eigenvalue weighted by Crippen LogP contribution is 2.40. The zero-order chi connectivity index (χ0) is 25.1. The number of benzene rings is 2. The van der Waals surface area contributed by atoms with Crippen LogP contribution in [0.25, 0.3) is 11.3 Å². The van der Waals surface area contributed by atoms with E-state index in [-0.39, 0.29) is 30.2 Å². The van der Waals surface area contributed by atoms with Gasteiger partial charge < -0.3 is 20.0 Å². The number of aromatic nitrogens is 1. The van der Waals surface area contributed by atoms with Crippen LogP contribution in [0.3, 0.4) is 0 Å². The van der Waals surface area contributed by atoms with E-state index in [2.05, 4.69) is 31.5 Å². The molecule has 182 valence electrons. The van der Waals surface area contributed by atoms with Gasteiger partial charge in [0.2, 0.25) is 5.91 Å². The van der Waals surface area contributed by atoms with E-state index in [1.54, 1.807) is 6.20 Å². The number of carbonyl (C=O) groups excluding carboxylic acids is 1. The van der Waals surface area contributed by atoms with Crippen LogP contribution in [0.2, 0.25) is 0 Å². The molecule has 1 aliphatic rings. The number of hydrogen-bond acceptors (Lipinski definition) is 4. The van der Waals surface area contributed by atoms with Gasteiger partial charge in [-0.15, -0.1) is 0 Å². The molecule has 2 aromatic heterocycles. The van der Waals surface area contributed by atoms with Crippen LogP contribution in [0.1, 0.15) is 30.0 Å². The largest absolute Gasteiger partial charge is 0.459 e. The molecule has 1 saturated heterocycles. The number of carbonyl (C=O) groups is 1. The third-order valence-electron chi connectivity index (χ3n) is 5.95. The van der Waals surface area contributed by atoms with E-state index in [9.17, 15) is 9.18 Å². The summed E-state index contributed by atoms with van der Waals surface area (Å²) in [5, 5.41) is 6.68. The summed E-state index contributed by atoms with van der Waals surface area (Å²) in [5.41, 5.74) is 2.32. The fourth-order valence-corrected chi connectivity index (χ4v) is 4.81. The zero-order valence-corrected chi connectivity index (χ0v) is 21.4. The normalized spacial score (nSPS) is 17.2. The molecule has 6 nitrogen and oxygen atoms in total. The highest BCUT2D eigenvalue weighted by atomic mass is 79.9. The second-order valence-electron chi connectivity index (χ2n) is 8.33. The van der Waals surface area contributed by atoms with Crippen LogP contribution in [0.5, 0.6) is 0 Å². The first-order valence-electron chi connectivity index (χ1n) is 11.4. The molecular formula is C27H22BrFN4O2S. The van der Waals surface area contributed by atoms with Crippen molar-refractivity contribution >= 4 is 44.9 Å². The average Bonchev–Trinajstić information content (AvgIpc) is 3.50. The van der Waals surface area contributed by atoms with Crippen molar-refractivity contribution < 1.29 is 13.6 Å². The van der Waals surface area contributed by atoms with E-state index >= 15 is 0 Å². The molecule has 36 heavy (non-hydrogen) atoms. The molecule has 2 aromatic carbocycles. The summed E-state index contributed by atoms with van der Waals surface area (Å²) in [7, 11) is 0. The van der Waals surface area contributed by atoms with Gasteiger partial charge in [-0.2, -0.15) is 0 Å². The molecule has 9 heteroatoms. The summed E-state index contributed by atoms with van der Waals surface area (Å²) >= 11 is 9.13. The average molecular weight is 565 g/mol. The topological polar surface area (TPSA) is 70.4 Å². The minimum absolute atomic E-state index is 0.185. The lowest BCUT2D eigenvalue weighted by atomic mass is 10.0. The standard InChI is InChI=1S/C27H22BrFN4O2S/c28-18-6-4-17(5-7-18)22-12-13-23(35-22)26-25(21-3-1-2-15-30-21)32-27(36)33(26)16-14-24(34)31-20-10-8-19(29)9-11-20/h1-13,15,25-26H,14,16H2,(H,31,34)(H,32,36)/t25-,26-/m0/s1. The fourth-order valence-electron chi connectivity index (χ4n) is 4.22. The summed E-state index contributed by atoms with van der Waals surface area (Å²) in [4.78, 5) is 19.1. The van der Waals surface area contributed by atoms with Crippen molar-refractivity contribution in [3.63, 3.8) is 0 Å². The summed E-state index contributed by atoms with van der Waals surface area (Å²) in [6.07, 6.45) is 1.93. The maximum Gasteiger partial charge on any atom is 0.226 e. The van der Waals surface area contributed by atoms with Crippen molar-refractivity contribution in [2.75, 3.05) is 11.9 Å². The molecule has 0 radical (unpaired) electrons. The number of pyridine rings is 1. The SMILES string of the molecule is O=C(CCN1C(=S)N[C@@H](c2ccccn2)[C@@H]1c1ccc(-c2ccc(Br)cc2)o1)Nc1ccc(F)cc1. The van der Waals surface area contributed by atoms with E-state index in [4.69, 9.17) is 16.6 Å². The third kappa shape index (κ3) is 5.32. The molecular weight excluding hydrogens is 543 g/mol. The minimum Gasteiger partial charge on any atom is -0.459 e. The number of furan rings is 1. The number of hydrogen-bond donors (Lipinski definition) is 2. The number of amides is 1. The number of anilines is 1. The molecule has 0 bridgehead atoms. The molecule has 0 aliphatic carbocycles. The van der Waals surface area contributed by atoms with Crippen molar-refractivity contribution in [2.45, 2.75) is 18.5 Å². The van der Waals surface area contributed by atoms with Crippen LogP contribution in [0.4, 0.5) is 10.1 Å². The Bertz CT molecular complexity index is 1360. The van der Waals surface area contributed by atoms with Gasteiger partial charge in [0.15, 0.2) is 5.11 Å². The molecule has 0 spiro atoms. The Labute approximate surface area is 221 Å². The Kier molecular flexibility index (Phi) is 7.11. The molecule has 0 saturated carbocycles. The molecule has 2 N–H and O–H groups in total. The Morgan fingerprint density at radius 3 is 2.58 bits per heavy atom. The Balaban J connectivity index is 1.38. The van der Waals surface area contributed by atoms with Gasteiger partial charge in [-0.3, -0.25) is 9.78 Å². The maximum absolute atomic E-state index is 13.2. The van der Waals surface area contributed by atoms with Crippen LogP contribution >= 0.6 is 28.1 Å². The first kappa shape index (κ1) is 24.1. The lowest BCUT2D eigenvalue weighted by Gasteiger charge is -2.25. The zero-order valence-electron chi connectivity index (χ0n) is 19.0. The number of rotatable bonds is 7. The second kappa shape index (κ2) is 10.6. The summed E-state index contributed by atoms with van der Waals surface area (Å²) in [6.45, 7) is 0.362. The Morgan fingerprint density at radius 2 is 1.86 bits per heavy atom. The van der Waals surface area contributed by atoms with Gasteiger partial charge in [0.25, 0.3) is 0 Å². The molecule has 1 fully saturated rings. The number of halogens is 2. The van der Waals surface area contributed by atoms with E-state index in [1.807, 2.05) is 59.5 Å². The van der Waals surface area contributed by atoms with Crippen LogP contribution in [0.15, 0.2) is 93.9 Å². The highest BCUT2D eigenvalue weighted by Gasteiger charge is 2.41.